The Kier molecular flexibility index (Phi) is 53.8. The molecule has 0 aromatic carbocycles. The molecule has 374 valence electrons. The van der Waals surface area contributed by atoms with Crippen LogP contribution in [0, 0.1) is 11.8 Å². The van der Waals surface area contributed by atoms with Gasteiger partial charge < -0.3 is 38.4 Å². The average Bonchev–Trinajstić information content (AvgIpc) is 3.26. The van der Waals surface area contributed by atoms with Crippen molar-refractivity contribution < 1.29 is 62.3 Å². The van der Waals surface area contributed by atoms with Gasteiger partial charge in [-0.2, -0.15) is 0 Å². The van der Waals surface area contributed by atoms with E-state index >= 15 is 0 Å². The highest BCUT2D eigenvalue weighted by Crippen LogP contribution is 2.13. The van der Waals surface area contributed by atoms with Crippen LogP contribution in [0.25, 0.3) is 0 Å². The minimum Gasteiger partial charge on any atom is -0.467 e. The standard InChI is InChI=1S/C25H45NO8.C14H26O5.C8H18.C2H6/c1-6-8-9-10-11-12-13-22(28)32-18-21(17-31-20-27)19-33-23(29)14-16-26(15-7-2)24(30)34-25(3,4)5;1-2-3-4-5-6-7-8-14(17)19-11-13(9-15)10-18-12-16;1-3-5-7-8-6-4-2;1-2/h20-21H,6-19H2,1-5H3;12-13,15H,2-11H2,1H3;3-8H2,1-2H3;1-2H3. The fourth-order valence-electron chi connectivity index (χ4n) is 5.57. The molecule has 0 aliphatic carbocycles. The van der Waals surface area contributed by atoms with Crippen molar-refractivity contribution in [3.05, 3.63) is 0 Å². The Morgan fingerprint density at radius 1 is 0.492 bits per heavy atom. The molecule has 63 heavy (non-hydrogen) atoms. The van der Waals surface area contributed by atoms with Crippen molar-refractivity contribution in [2.75, 3.05) is 52.7 Å². The Balaban J connectivity index is -0.000000499. The van der Waals surface area contributed by atoms with Gasteiger partial charge in [0.2, 0.25) is 0 Å². The first kappa shape index (κ1) is 66.2. The highest BCUT2D eigenvalue weighted by Gasteiger charge is 2.23. The van der Waals surface area contributed by atoms with Crippen LogP contribution in [0.1, 0.15) is 210 Å². The SMILES string of the molecule is CC.CCCCCCCC.CCCCCCCCC(=O)OCC(CO)COC=O.CCCCCCCCC(=O)OCC(COC=O)COC(=O)CCN(CCC)C(=O)OC(C)(C)C. The third-order valence-corrected chi connectivity index (χ3v) is 9.16. The summed E-state index contributed by atoms with van der Waals surface area (Å²) in [4.78, 5) is 69.9. The van der Waals surface area contributed by atoms with Crippen LogP contribution < -0.4 is 0 Å². The quantitative estimate of drug-likeness (QED) is 0.0269. The summed E-state index contributed by atoms with van der Waals surface area (Å²) in [5.74, 6) is -1.86. The number of aliphatic hydroxyl groups excluding tert-OH is 1. The van der Waals surface area contributed by atoms with Gasteiger partial charge >= 0.3 is 24.0 Å². The third kappa shape index (κ3) is 52.8. The minimum atomic E-state index is -0.623. The summed E-state index contributed by atoms with van der Waals surface area (Å²) in [6.45, 7) is 21.3. The zero-order valence-electron chi connectivity index (χ0n) is 41.8. The molecular formula is C49H95NO13. The first-order valence-corrected chi connectivity index (χ1v) is 24.4. The highest BCUT2D eigenvalue weighted by molar-refractivity contribution is 5.72. The van der Waals surface area contributed by atoms with Gasteiger partial charge in [-0.25, -0.2) is 4.79 Å². The van der Waals surface area contributed by atoms with Crippen LogP contribution in [0.4, 0.5) is 4.79 Å². The monoisotopic (exact) mass is 906 g/mol. The zero-order chi connectivity index (χ0) is 48.4. The molecular weight excluding hydrogens is 811 g/mol. The highest BCUT2D eigenvalue weighted by atomic mass is 16.6. The van der Waals surface area contributed by atoms with Crippen molar-refractivity contribution in [1.82, 2.24) is 4.90 Å². The number of esters is 3. The number of amides is 1. The van der Waals surface area contributed by atoms with Gasteiger partial charge in [-0.05, 0) is 40.0 Å². The maximum atomic E-state index is 12.3. The Bertz CT molecular complexity index is 1040. The van der Waals surface area contributed by atoms with Crippen LogP contribution in [0.2, 0.25) is 0 Å². The van der Waals surface area contributed by atoms with Crippen LogP contribution >= 0.6 is 0 Å². The van der Waals surface area contributed by atoms with E-state index in [2.05, 4.69) is 32.4 Å². The fraction of sp³-hybridized carbons (Fsp3) is 0.878. The Morgan fingerprint density at radius 2 is 0.841 bits per heavy atom. The van der Waals surface area contributed by atoms with Gasteiger partial charge in [0.15, 0.2) is 0 Å². The van der Waals surface area contributed by atoms with Crippen LogP contribution in [0.3, 0.4) is 0 Å². The molecule has 0 saturated heterocycles. The topological polar surface area (TPSA) is 181 Å². The van der Waals surface area contributed by atoms with Gasteiger partial charge in [0.1, 0.15) is 25.4 Å². The summed E-state index contributed by atoms with van der Waals surface area (Å²) in [6, 6.07) is 0. The number of aliphatic hydroxyl groups is 1. The Morgan fingerprint density at radius 3 is 1.19 bits per heavy atom. The minimum absolute atomic E-state index is 0.00167. The summed E-state index contributed by atoms with van der Waals surface area (Å²) in [5.41, 5.74) is -0.623. The largest absolute Gasteiger partial charge is 0.467 e. The van der Waals surface area contributed by atoms with Gasteiger partial charge in [-0.15, -0.1) is 0 Å². The van der Waals surface area contributed by atoms with Crippen molar-refractivity contribution in [2.24, 2.45) is 11.8 Å². The van der Waals surface area contributed by atoms with Crippen LogP contribution in [0.5, 0.6) is 0 Å². The predicted molar refractivity (Wildman–Crippen MR) is 250 cm³/mol. The number of unbranched alkanes of at least 4 members (excludes halogenated alkanes) is 15. The van der Waals surface area contributed by atoms with Crippen molar-refractivity contribution in [1.29, 1.82) is 0 Å². The molecule has 14 heteroatoms. The number of carbonyl (C=O) groups excluding carboxylic acids is 6. The molecule has 14 nitrogen and oxygen atoms in total. The molecule has 1 amide bonds. The summed E-state index contributed by atoms with van der Waals surface area (Å²) < 4.78 is 30.2. The Hall–Kier alpha value is -3.42. The number of hydrogen-bond acceptors (Lipinski definition) is 13. The van der Waals surface area contributed by atoms with Gasteiger partial charge in [0.25, 0.3) is 12.9 Å². The van der Waals surface area contributed by atoms with E-state index in [4.69, 9.17) is 28.8 Å². The van der Waals surface area contributed by atoms with E-state index in [1.807, 2.05) is 20.8 Å². The predicted octanol–water partition coefficient (Wildman–Crippen LogP) is 11.1. The van der Waals surface area contributed by atoms with Crippen molar-refractivity contribution in [2.45, 2.75) is 216 Å². The molecule has 0 saturated carbocycles. The lowest BCUT2D eigenvalue weighted by Crippen LogP contribution is -2.38. The summed E-state index contributed by atoms with van der Waals surface area (Å²) in [6.07, 6.45) is 22.7. The number of ether oxygens (including phenoxy) is 6. The molecule has 2 unspecified atom stereocenters. The van der Waals surface area contributed by atoms with Crippen LogP contribution in [-0.2, 0) is 52.4 Å². The lowest BCUT2D eigenvalue weighted by molar-refractivity contribution is -0.151. The Labute approximate surface area is 383 Å². The zero-order valence-corrected chi connectivity index (χ0v) is 41.8. The molecule has 0 aromatic heterocycles. The molecule has 0 heterocycles. The number of hydrogen-bond donors (Lipinski definition) is 1. The molecule has 0 spiro atoms. The molecule has 0 fully saturated rings. The second-order valence-corrected chi connectivity index (χ2v) is 16.5. The van der Waals surface area contributed by atoms with Crippen molar-refractivity contribution in [3.63, 3.8) is 0 Å². The smallest absolute Gasteiger partial charge is 0.410 e. The van der Waals surface area contributed by atoms with E-state index in [9.17, 15) is 28.8 Å². The van der Waals surface area contributed by atoms with E-state index in [1.165, 1.54) is 81.9 Å². The van der Waals surface area contributed by atoms with Gasteiger partial charge in [-0.3, -0.25) is 24.0 Å². The van der Waals surface area contributed by atoms with E-state index in [0.717, 1.165) is 44.9 Å². The van der Waals surface area contributed by atoms with Crippen molar-refractivity contribution in [3.8, 4) is 0 Å². The number of carbonyl (C=O) groups is 6. The average molecular weight is 906 g/mol. The number of nitrogens with zero attached hydrogens (tertiary/aromatic N) is 1. The lowest BCUT2D eigenvalue weighted by atomic mass is 10.1. The van der Waals surface area contributed by atoms with E-state index in [0.29, 0.717) is 32.3 Å². The number of rotatable bonds is 37. The van der Waals surface area contributed by atoms with Gasteiger partial charge in [0.05, 0.1) is 38.1 Å². The molecule has 1 N–H and O–H groups in total. The van der Waals surface area contributed by atoms with Crippen LogP contribution in [0.15, 0.2) is 0 Å². The third-order valence-electron chi connectivity index (χ3n) is 9.16. The molecule has 0 aromatic rings. The van der Waals surface area contributed by atoms with Crippen molar-refractivity contribution >= 4 is 36.9 Å². The fourth-order valence-corrected chi connectivity index (χ4v) is 5.57. The molecule has 2 atom stereocenters. The first-order valence-electron chi connectivity index (χ1n) is 24.4. The molecule has 0 aliphatic heterocycles. The molecule has 0 radical (unpaired) electrons. The summed E-state index contributed by atoms with van der Waals surface area (Å²) >= 11 is 0. The summed E-state index contributed by atoms with van der Waals surface area (Å²) in [5, 5.41) is 8.97. The van der Waals surface area contributed by atoms with Gasteiger partial charge in [0, 0.05) is 25.9 Å². The first-order chi connectivity index (χ1) is 30.3. The molecule has 0 bridgehead atoms. The van der Waals surface area contributed by atoms with E-state index in [1.54, 1.807) is 20.8 Å². The summed E-state index contributed by atoms with van der Waals surface area (Å²) in [7, 11) is 0. The lowest BCUT2D eigenvalue weighted by Gasteiger charge is -2.27. The second-order valence-electron chi connectivity index (χ2n) is 16.5. The molecule has 0 aliphatic rings. The maximum Gasteiger partial charge on any atom is 0.410 e. The second kappa shape index (κ2) is 51.2. The van der Waals surface area contributed by atoms with E-state index in [-0.39, 0.29) is 70.5 Å². The van der Waals surface area contributed by atoms with Gasteiger partial charge in [-0.1, -0.05) is 151 Å². The van der Waals surface area contributed by atoms with Crippen LogP contribution in [-0.4, -0.2) is 105 Å². The molecule has 0 rings (SSSR count). The van der Waals surface area contributed by atoms with E-state index < -0.39 is 23.6 Å². The maximum absolute atomic E-state index is 12.3. The normalized spacial score (nSPS) is 11.3.